The van der Waals surface area contributed by atoms with Crippen LogP contribution in [0.4, 0.5) is 20.3 Å². The molecule has 3 saturated heterocycles. The van der Waals surface area contributed by atoms with Crippen LogP contribution in [0.1, 0.15) is 46.4 Å². The van der Waals surface area contributed by atoms with E-state index in [9.17, 15) is 13.6 Å². The Morgan fingerprint density at radius 1 is 1.11 bits per heavy atom. The molecule has 238 valence electrons. The SMILES string of the molecule is C[C@@H]1N(c2cccnc2O[C@H]2C[C@@H](C(=O)OC(C)(C)C)N(c3nc(C(F)F)nc4c3oc3ccccc34)C2)CCOC12COC2. The van der Waals surface area contributed by atoms with Crippen molar-refractivity contribution in [3.8, 4) is 5.88 Å². The maximum Gasteiger partial charge on any atom is 0.329 e. The van der Waals surface area contributed by atoms with E-state index in [0.717, 1.165) is 5.69 Å². The van der Waals surface area contributed by atoms with Gasteiger partial charge in [-0.25, -0.2) is 28.5 Å². The number of ether oxygens (including phenoxy) is 4. The summed E-state index contributed by atoms with van der Waals surface area (Å²) >= 11 is 0. The highest BCUT2D eigenvalue weighted by Gasteiger charge is 2.50. The molecule has 4 aromatic rings. The van der Waals surface area contributed by atoms with E-state index in [-0.39, 0.29) is 41.5 Å². The van der Waals surface area contributed by atoms with Gasteiger partial charge >= 0.3 is 5.97 Å². The van der Waals surface area contributed by atoms with Crippen LogP contribution in [0, 0.1) is 0 Å². The summed E-state index contributed by atoms with van der Waals surface area (Å²) in [6, 6.07) is 9.98. The number of furan rings is 1. The van der Waals surface area contributed by atoms with Crippen molar-refractivity contribution in [3.05, 3.63) is 48.4 Å². The normalized spacial score (nSPS) is 23.2. The van der Waals surface area contributed by atoms with Crippen molar-refractivity contribution < 1.29 is 36.9 Å². The van der Waals surface area contributed by atoms with E-state index >= 15 is 0 Å². The number of carbonyl (C=O) groups is 1. The van der Waals surface area contributed by atoms with Gasteiger partial charge in [0.05, 0.1) is 32.4 Å². The third kappa shape index (κ3) is 5.31. The molecule has 3 aliphatic heterocycles. The predicted octanol–water partition coefficient (Wildman–Crippen LogP) is 5.07. The number of carbonyl (C=O) groups excluding carboxylic acids is 1. The van der Waals surface area contributed by atoms with Crippen LogP contribution in [0.5, 0.6) is 5.88 Å². The highest BCUT2D eigenvalue weighted by molar-refractivity contribution is 6.06. The second-order valence-corrected chi connectivity index (χ2v) is 12.8. The quantitative estimate of drug-likeness (QED) is 0.268. The van der Waals surface area contributed by atoms with Gasteiger partial charge in [-0.15, -0.1) is 0 Å². The molecular weight excluding hydrogens is 588 g/mol. The van der Waals surface area contributed by atoms with Crippen molar-refractivity contribution in [1.29, 1.82) is 0 Å². The van der Waals surface area contributed by atoms with Gasteiger partial charge in [0.2, 0.25) is 5.88 Å². The zero-order valence-electron chi connectivity index (χ0n) is 25.5. The Morgan fingerprint density at radius 2 is 1.91 bits per heavy atom. The van der Waals surface area contributed by atoms with Crippen molar-refractivity contribution in [3.63, 3.8) is 0 Å². The number of nitrogens with zero attached hydrogens (tertiary/aromatic N) is 5. The summed E-state index contributed by atoms with van der Waals surface area (Å²) in [6.45, 7) is 9.79. The summed E-state index contributed by atoms with van der Waals surface area (Å²) in [4.78, 5) is 30.4. The summed E-state index contributed by atoms with van der Waals surface area (Å²) in [5.41, 5.74) is 0.572. The molecule has 1 aromatic carbocycles. The van der Waals surface area contributed by atoms with Crippen LogP contribution in [-0.4, -0.2) is 83.2 Å². The van der Waals surface area contributed by atoms with E-state index in [1.807, 2.05) is 12.1 Å². The first-order valence-corrected chi connectivity index (χ1v) is 15.1. The van der Waals surface area contributed by atoms with Crippen LogP contribution < -0.4 is 14.5 Å². The van der Waals surface area contributed by atoms with Crippen LogP contribution in [0.15, 0.2) is 47.0 Å². The lowest BCUT2D eigenvalue weighted by Gasteiger charge is -2.53. The smallest absolute Gasteiger partial charge is 0.329 e. The van der Waals surface area contributed by atoms with Gasteiger partial charge in [-0.05, 0) is 52.0 Å². The third-order valence-electron chi connectivity index (χ3n) is 8.61. The Labute approximate surface area is 258 Å². The maximum atomic E-state index is 14.1. The average molecular weight is 624 g/mol. The van der Waals surface area contributed by atoms with Crippen molar-refractivity contribution in [1.82, 2.24) is 15.0 Å². The van der Waals surface area contributed by atoms with Crippen molar-refractivity contribution in [2.24, 2.45) is 0 Å². The molecule has 1 spiro atoms. The van der Waals surface area contributed by atoms with Crippen molar-refractivity contribution in [2.45, 2.75) is 69.9 Å². The first-order chi connectivity index (χ1) is 21.5. The highest BCUT2D eigenvalue weighted by atomic mass is 19.3. The molecule has 0 amide bonds. The fourth-order valence-electron chi connectivity index (χ4n) is 6.35. The first kappa shape index (κ1) is 29.6. The zero-order valence-corrected chi connectivity index (χ0v) is 25.5. The Kier molecular flexibility index (Phi) is 7.27. The van der Waals surface area contributed by atoms with E-state index in [1.165, 1.54) is 0 Å². The van der Waals surface area contributed by atoms with Gasteiger partial charge in [-0.1, -0.05) is 12.1 Å². The largest absolute Gasteiger partial charge is 0.471 e. The second kappa shape index (κ2) is 11.1. The van der Waals surface area contributed by atoms with Gasteiger partial charge in [0, 0.05) is 24.5 Å². The monoisotopic (exact) mass is 623 g/mol. The number of pyridine rings is 1. The summed E-state index contributed by atoms with van der Waals surface area (Å²) < 4.78 is 58.3. The van der Waals surface area contributed by atoms with Crippen LogP contribution in [0.2, 0.25) is 0 Å². The molecule has 0 N–H and O–H groups in total. The number of halogens is 2. The molecule has 7 rings (SSSR count). The molecule has 13 heteroatoms. The Bertz CT molecular complexity index is 1740. The van der Waals surface area contributed by atoms with Gasteiger partial charge in [-0.3, -0.25) is 0 Å². The number of fused-ring (bicyclic) bond motifs is 3. The number of esters is 1. The first-order valence-electron chi connectivity index (χ1n) is 15.1. The fraction of sp³-hybridized carbons (Fsp3) is 0.500. The molecule has 3 atom stereocenters. The molecule has 11 nitrogen and oxygen atoms in total. The van der Waals surface area contributed by atoms with Gasteiger partial charge < -0.3 is 33.2 Å². The van der Waals surface area contributed by atoms with E-state index in [4.69, 9.17) is 23.4 Å². The van der Waals surface area contributed by atoms with E-state index in [1.54, 1.807) is 56.1 Å². The van der Waals surface area contributed by atoms with E-state index < -0.39 is 36.0 Å². The number of alkyl halides is 2. The topological polar surface area (TPSA) is 112 Å². The molecule has 45 heavy (non-hydrogen) atoms. The minimum atomic E-state index is -2.94. The molecule has 3 aliphatic rings. The molecule has 0 aliphatic carbocycles. The highest BCUT2D eigenvalue weighted by Crippen LogP contribution is 2.41. The number of rotatable bonds is 6. The third-order valence-corrected chi connectivity index (χ3v) is 8.61. The lowest BCUT2D eigenvalue weighted by Crippen LogP contribution is -2.68. The van der Waals surface area contributed by atoms with Gasteiger partial charge in [-0.2, -0.15) is 0 Å². The van der Waals surface area contributed by atoms with E-state index in [2.05, 4.69) is 26.8 Å². The molecule has 0 radical (unpaired) electrons. The number of hydrogen-bond acceptors (Lipinski definition) is 11. The zero-order chi connectivity index (χ0) is 31.5. The van der Waals surface area contributed by atoms with Crippen LogP contribution >= 0.6 is 0 Å². The van der Waals surface area contributed by atoms with Crippen molar-refractivity contribution in [2.75, 3.05) is 42.7 Å². The van der Waals surface area contributed by atoms with Gasteiger partial charge in [0.25, 0.3) is 6.43 Å². The van der Waals surface area contributed by atoms with Gasteiger partial charge in [0.15, 0.2) is 17.2 Å². The summed E-state index contributed by atoms with van der Waals surface area (Å²) in [6.07, 6.45) is -1.64. The second-order valence-electron chi connectivity index (χ2n) is 12.8. The molecular formula is C32H35F2N5O6. The number of aromatic nitrogens is 3. The summed E-state index contributed by atoms with van der Waals surface area (Å²) in [5.74, 6) is -0.687. The minimum Gasteiger partial charge on any atom is -0.471 e. The molecule has 3 aromatic heterocycles. The Hall–Kier alpha value is -4.10. The van der Waals surface area contributed by atoms with Crippen molar-refractivity contribution >= 4 is 39.5 Å². The number of para-hydroxylation sites is 1. The molecule has 6 heterocycles. The Balaban J connectivity index is 1.26. The average Bonchev–Trinajstić information content (AvgIpc) is 3.57. The fourth-order valence-corrected chi connectivity index (χ4v) is 6.35. The summed E-state index contributed by atoms with van der Waals surface area (Å²) in [7, 11) is 0. The van der Waals surface area contributed by atoms with Crippen LogP contribution in [0.25, 0.3) is 22.1 Å². The van der Waals surface area contributed by atoms with Gasteiger partial charge in [0.1, 0.15) is 40.1 Å². The molecule has 0 saturated carbocycles. The minimum absolute atomic E-state index is 0.0105. The maximum absolute atomic E-state index is 14.1. The number of benzene rings is 1. The lowest BCUT2D eigenvalue weighted by molar-refractivity contribution is -0.228. The number of hydrogen-bond donors (Lipinski definition) is 0. The molecule has 0 unspecified atom stereocenters. The van der Waals surface area contributed by atoms with Crippen LogP contribution in [0.3, 0.4) is 0 Å². The van der Waals surface area contributed by atoms with E-state index in [0.29, 0.717) is 43.2 Å². The summed E-state index contributed by atoms with van der Waals surface area (Å²) in [5, 5.41) is 0.575. The molecule has 3 fully saturated rings. The predicted molar refractivity (Wildman–Crippen MR) is 161 cm³/mol. The number of anilines is 2. The standard InChI is InChI=1S/C32H35F2N5O6/c1-18-32(16-41-17-32)42-13-12-38(18)21-9-7-11-35-29(21)43-19-14-22(30(40)45-31(2,3)4)39(15-19)28-25-24(36-27(37-28)26(33)34)20-8-5-6-10-23(20)44-25/h5-11,18-19,22,26H,12-17H2,1-4H3/t18-,19-,22-/m0/s1. The van der Waals surface area contributed by atoms with Crippen LogP contribution in [-0.2, 0) is 19.0 Å². The Morgan fingerprint density at radius 3 is 2.64 bits per heavy atom. The number of morpholine rings is 1. The lowest BCUT2D eigenvalue weighted by atomic mass is 9.90. The molecule has 0 bridgehead atoms.